The maximum absolute atomic E-state index is 12.9. The number of rotatable bonds is 19. The average molecular weight is 552 g/mol. The summed E-state index contributed by atoms with van der Waals surface area (Å²) in [7, 11) is 3.29. The van der Waals surface area contributed by atoms with Crippen LogP contribution in [0.15, 0.2) is 18.2 Å². The lowest BCUT2D eigenvalue weighted by Crippen LogP contribution is -2.46. The molecule has 0 radical (unpaired) electrons. The third-order valence-electron chi connectivity index (χ3n) is 7.50. The lowest BCUT2D eigenvalue weighted by molar-refractivity contribution is -0.130. The smallest absolute Gasteiger partial charge is 0.224 e. The van der Waals surface area contributed by atoms with Gasteiger partial charge in [0.15, 0.2) is 11.5 Å². The Bertz CT molecular complexity index is 889. The highest BCUT2D eigenvalue weighted by Crippen LogP contribution is 2.32. The van der Waals surface area contributed by atoms with Crippen molar-refractivity contribution in [1.82, 2.24) is 5.32 Å². The summed E-state index contributed by atoms with van der Waals surface area (Å²) in [5.74, 6) is 0.792. The van der Waals surface area contributed by atoms with Crippen LogP contribution in [0.25, 0.3) is 0 Å². The second-order valence-corrected chi connectivity index (χ2v) is 11.9. The van der Waals surface area contributed by atoms with Gasteiger partial charge in [-0.25, -0.2) is 0 Å². The van der Waals surface area contributed by atoms with Gasteiger partial charge in [0.2, 0.25) is 11.8 Å². The highest BCUT2D eigenvalue weighted by Gasteiger charge is 2.32. The second-order valence-electron chi connectivity index (χ2n) is 11.9. The summed E-state index contributed by atoms with van der Waals surface area (Å²) in [4.78, 5) is 24.5. The molecule has 0 saturated heterocycles. The van der Waals surface area contributed by atoms with Crippen LogP contribution in [-0.4, -0.2) is 63.0 Å². The van der Waals surface area contributed by atoms with Crippen molar-refractivity contribution < 1.29 is 28.9 Å². The zero-order valence-electron chi connectivity index (χ0n) is 25.3. The molecule has 1 aromatic carbocycles. The Balaban J connectivity index is 2.87. The Hall–Kier alpha value is -2.36. The third-order valence-corrected chi connectivity index (χ3v) is 7.50. The first kappa shape index (κ1) is 34.7. The van der Waals surface area contributed by atoms with Gasteiger partial charge in [0.25, 0.3) is 0 Å². The van der Waals surface area contributed by atoms with E-state index in [1.807, 2.05) is 32.0 Å². The molecule has 0 aliphatic rings. The number of benzene rings is 1. The van der Waals surface area contributed by atoms with Crippen LogP contribution in [-0.2, 0) is 20.7 Å². The van der Waals surface area contributed by atoms with Crippen molar-refractivity contribution in [2.45, 2.75) is 79.4 Å². The van der Waals surface area contributed by atoms with Gasteiger partial charge < -0.3 is 36.1 Å². The van der Waals surface area contributed by atoms with Crippen molar-refractivity contribution in [3.05, 3.63) is 23.8 Å². The standard InChI is InChI=1S/C30H53N3O6/c1-19(2)22(14-21-10-11-26(38-8)27(15-21)39-13-9-12-37-7)16-24(31)25(34)17-23(20(3)4)28(35)33-18-30(5,6)29(32)36/h10-11,15,19-20,22-25,34H,9,12-14,16-18,31H2,1-8H3,(H2,32,36)(H,33,35)/t22-,23?,24?,25?/m0/s1. The lowest BCUT2D eigenvalue weighted by Gasteiger charge is -2.30. The molecule has 6 N–H and O–H groups in total. The van der Waals surface area contributed by atoms with E-state index in [-0.39, 0.29) is 30.7 Å². The number of ether oxygens (including phenoxy) is 3. The molecule has 9 heteroatoms. The van der Waals surface area contributed by atoms with Crippen molar-refractivity contribution in [2.75, 3.05) is 34.0 Å². The van der Waals surface area contributed by atoms with E-state index in [9.17, 15) is 14.7 Å². The van der Waals surface area contributed by atoms with Crippen LogP contribution in [0, 0.1) is 29.1 Å². The van der Waals surface area contributed by atoms with E-state index < -0.39 is 29.4 Å². The van der Waals surface area contributed by atoms with E-state index in [0.29, 0.717) is 37.1 Å². The van der Waals surface area contributed by atoms with Crippen LogP contribution in [0.3, 0.4) is 0 Å². The van der Waals surface area contributed by atoms with Crippen LogP contribution in [0.2, 0.25) is 0 Å². The third kappa shape index (κ3) is 11.7. The van der Waals surface area contributed by atoms with Crippen LogP contribution in [0.4, 0.5) is 0 Å². The molecular formula is C30H53N3O6. The van der Waals surface area contributed by atoms with Gasteiger partial charge in [-0.15, -0.1) is 0 Å². The molecule has 3 unspecified atom stereocenters. The Morgan fingerprint density at radius 1 is 1.03 bits per heavy atom. The molecule has 2 amide bonds. The number of amides is 2. The monoisotopic (exact) mass is 551 g/mol. The second kappa shape index (κ2) is 16.7. The van der Waals surface area contributed by atoms with Crippen LogP contribution >= 0.6 is 0 Å². The van der Waals surface area contributed by atoms with Crippen molar-refractivity contribution in [1.29, 1.82) is 0 Å². The van der Waals surface area contributed by atoms with Gasteiger partial charge in [-0.1, -0.05) is 33.8 Å². The Kier molecular flexibility index (Phi) is 14.8. The van der Waals surface area contributed by atoms with Gasteiger partial charge in [-0.2, -0.15) is 0 Å². The van der Waals surface area contributed by atoms with Crippen LogP contribution in [0.5, 0.6) is 11.5 Å². The Morgan fingerprint density at radius 3 is 2.23 bits per heavy atom. The average Bonchev–Trinajstić information content (AvgIpc) is 2.87. The van der Waals surface area contributed by atoms with E-state index in [1.165, 1.54) is 0 Å². The van der Waals surface area contributed by atoms with E-state index >= 15 is 0 Å². The fourth-order valence-corrected chi connectivity index (χ4v) is 4.39. The Labute approximate surface area is 235 Å². The first-order valence-electron chi connectivity index (χ1n) is 14.0. The minimum absolute atomic E-state index is 0.00829. The number of aliphatic hydroxyl groups is 1. The molecule has 0 aliphatic heterocycles. The molecular weight excluding hydrogens is 498 g/mol. The minimum Gasteiger partial charge on any atom is -0.493 e. The number of carbonyl (C=O) groups is 2. The summed E-state index contributed by atoms with van der Waals surface area (Å²) < 4.78 is 16.5. The summed E-state index contributed by atoms with van der Waals surface area (Å²) in [6.07, 6.45) is 1.56. The number of hydrogen-bond acceptors (Lipinski definition) is 7. The van der Waals surface area contributed by atoms with Crippen molar-refractivity contribution >= 4 is 11.8 Å². The summed E-state index contributed by atoms with van der Waals surface area (Å²) in [5, 5.41) is 13.9. The quantitative estimate of drug-likeness (QED) is 0.193. The van der Waals surface area contributed by atoms with E-state index in [0.717, 1.165) is 18.4 Å². The molecule has 0 bridgehead atoms. The molecule has 9 nitrogen and oxygen atoms in total. The predicted octanol–water partition coefficient (Wildman–Crippen LogP) is 3.29. The summed E-state index contributed by atoms with van der Waals surface area (Å²) in [6.45, 7) is 12.9. The molecule has 1 aromatic rings. The zero-order chi connectivity index (χ0) is 29.8. The molecule has 0 aromatic heterocycles. The number of aliphatic hydroxyl groups excluding tert-OH is 1. The lowest BCUT2D eigenvalue weighted by atomic mass is 9.80. The number of nitrogens with two attached hydrogens (primary N) is 2. The van der Waals surface area contributed by atoms with Crippen LogP contribution < -0.4 is 26.3 Å². The predicted molar refractivity (Wildman–Crippen MR) is 155 cm³/mol. The van der Waals surface area contributed by atoms with Gasteiger partial charge in [-0.05, 0) is 68.6 Å². The number of hydrogen-bond donors (Lipinski definition) is 4. The Morgan fingerprint density at radius 2 is 1.69 bits per heavy atom. The van der Waals surface area contributed by atoms with E-state index in [4.69, 9.17) is 25.7 Å². The molecule has 0 saturated carbocycles. The molecule has 0 fully saturated rings. The SMILES string of the molecule is COCCCOc1cc(C[C@@H](CC(N)C(O)CC(C(=O)NCC(C)(C)C(N)=O)C(C)C)C(C)C)ccc1OC. The first-order chi connectivity index (χ1) is 18.2. The maximum Gasteiger partial charge on any atom is 0.224 e. The fourth-order valence-electron chi connectivity index (χ4n) is 4.39. The van der Waals surface area contributed by atoms with Crippen molar-refractivity contribution in [3.8, 4) is 11.5 Å². The highest BCUT2D eigenvalue weighted by molar-refractivity contribution is 5.83. The molecule has 0 aliphatic carbocycles. The van der Waals surface area contributed by atoms with Gasteiger partial charge in [0, 0.05) is 38.6 Å². The molecule has 1 rings (SSSR count). The molecule has 0 heterocycles. The van der Waals surface area contributed by atoms with Gasteiger partial charge in [-0.3, -0.25) is 9.59 Å². The summed E-state index contributed by atoms with van der Waals surface area (Å²) in [5.41, 5.74) is 12.2. The van der Waals surface area contributed by atoms with Crippen molar-refractivity contribution in [2.24, 2.45) is 40.6 Å². The molecule has 39 heavy (non-hydrogen) atoms. The summed E-state index contributed by atoms with van der Waals surface area (Å²) >= 11 is 0. The highest BCUT2D eigenvalue weighted by atomic mass is 16.5. The van der Waals surface area contributed by atoms with E-state index in [2.05, 4.69) is 19.2 Å². The normalized spacial score (nSPS) is 15.1. The first-order valence-corrected chi connectivity index (χ1v) is 14.0. The van der Waals surface area contributed by atoms with Gasteiger partial charge in [0.1, 0.15) is 0 Å². The van der Waals surface area contributed by atoms with Crippen molar-refractivity contribution in [3.63, 3.8) is 0 Å². The van der Waals surface area contributed by atoms with Gasteiger partial charge >= 0.3 is 0 Å². The maximum atomic E-state index is 12.9. The molecule has 4 atom stereocenters. The summed E-state index contributed by atoms with van der Waals surface area (Å²) in [6, 6.07) is 5.47. The minimum atomic E-state index is -0.854. The van der Waals surface area contributed by atoms with Crippen LogP contribution in [0.1, 0.15) is 66.4 Å². The molecule has 0 spiro atoms. The number of nitrogens with one attached hydrogen (secondary N) is 1. The number of primary amides is 1. The largest absolute Gasteiger partial charge is 0.493 e. The molecule has 224 valence electrons. The van der Waals surface area contributed by atoms with E-state index in [1.54, 1.807) is 28.1 Å². The number of carbonyl (C=O) groups excluding carboxylic acids is 2. The zero-order valence-corrected chi connectivity index (χ0v) is 25.3. The topological polar surface area (TPSA) is 146 Å². The number of methoxy groups -OCH3 is 2. The fraction of sp³-hybridized carbons (Fsp3) is 0.733. The van der Waals surface area contributed by atoms with Gasteiger partial charge in [0.05, 0.1) is 25.2 Å².